The van der Waals surface area contributed by atoms with Crippen LogP contribution in [0.5, 0.6) is 0 Å². The van der Waals surface area contributed by atoms with E-state index in [-0.39, 0.29) is 22.0 Å². The summed E-state index contributed by atoms with van der Waals surface area (Å²) in [6.07, 6.45) is 1.28. The second-order valence-electron chi connectivity index (χ2n) is 5.51. The largest absolute Gasteiger partial charge is 0.360 e. The van der Waals surface area contributed by atoms with Crippen molar-refractivity contribution in [3.8, 4) is 6.07 Å². The Morgan fingerprint density at radius 2 is 1.96 bits per heavy atom. The normalized spacial score (nSPS) is 10.8. The van der Waals surface area contributed by atoms with Crippen molar-refractivity contribution in [2.24, 2.45) is 0 Å². The van der Waals surface area contributed by atoms with E-state index in [2.05, 4.69) is 10.6 Å². The Balaban J connectivity index is 2.20. The molecule has 2 aromatic carbocycles. The number of carbonyl (C=O) groups is 1. The predicted octanol–water partition coefficient (Wildman–Crippen LogP) is 4.32. The second-order valence-corrected chi connectivity index (χ2v) is 5.92. The number of aryl methyl sites for hydroxylation is 2. The lowest BCUT2D eigenvalue weighted by Gasteiger charge is -2.08. The van der Waals surface area contributed by atoms with E-state index in [9.17, 15) is 20.2 Å². The third-order valence-corrected chi connectivity index (χ3v) is 3.86. The first-order chi connectivity index (χ1) is 12.3. The minimum atomic E-state index is -0.729. The Kier molecular flexibility index (Phi) is 5.94. The average molecular weight is 371 g/mol. The van der Waals surface area contributed by atoms with E-state index in [4.69, 9.17) is 11.6 Å². The summed E-state index contributed by atoms with van der Waals surface area (Å²) >= 11 is 5.95. The van der Waals surface area contributed by atoms with Crippen molar-refractivity contribution in [3.63, 3.8) is 0 Å². The lowest BCUT2D eigenvalue weighted by atomic mass is 10.1. The molecule has 2 rings (SSSR count). The zero-order valence-corrected chi connectivity index (χ0v) is 14.8. The minimum absolute atomic E-state index is 0.0542. The van der Waals surface area contributed by atoms with Crippen molar-refractivity contribution in [2.45, 2.75) is 13.8 Å². The highest BCUT2D eigenvalue weighted by Gasteiger charge is 2.15. The Morgan fingerprint density at radius 1 is 1.23 bits per heavy atom. The number of hydrogen-bond donors (Lipinski definition) is 2. The van der Waals surface area contributed by atoms with Crippen molar-refractivity contribution in [1.29, 1.82) is 5.26 Å². The summed E-state index contributed by atoms with van der Waals surface area (Å²) in [4.78, 5) is 22.5. The fourth-order valence-corrected chi connectivity index (χ4v) is 2.35. The number of nitrogens with zero attached hydrogens (tertiary/aromatic N) is 2. The molecule has 0 spiro atoms. The highest BCUT2D eigenvalue weighted by atomic mass is 35.5. The number of halogens is 1. The van der Waals surface area contributed by atoms with E-state index in [1.54, 1.807) is 6.07 Å². The zero-order chi connectivity index (χ0) is 19.3. The van der Waals surface area contributed by atoms with Gasteiger partial charge < -0.3 is 10.6 Å². The van der Waals surface area contributed by atoms with Crippen LogP contribution in [0.4, 0.5) is 17.1 Å². The number of nitriles is 1. The molecular weight excluding hydrogens is 356 g/mol. The Morgan fingerprint density at radius 3 is 2.58 bits per heavy atom. The smallest absolute Gasteiger partial charge is 0.271 e. The quantitative estimate of drug-likeness (QED) is 0.352. The molecular formula is C18H15ClN4O3. The summed E-state index contributed by atoms with van der Waals surface area (Å²) in [5, 5.41) is 25.5. The molecule has 2 aromatic rings. The first kappa shape index (κ1) is 19.0. The van der Waals surface area contributed by atoms with Gasteiger partial charge in [-0.1, -0.05) is 29.3 Å². The predicted molar refractivity (Wildman–Crippen MR) is 100.0 cm³/mol. The van der Waals surface area contributed by atoms with E-state index in [1.807, 2.05) is 32.0 Å². The summed E-state index contributed by atoms with van der Waals surface area (Å²) in [6.45, 7) is 3.86. The number of amides is 1. The Hall–Kier alpha value is -3.37. The highest BCUT2D eigenvalue weighted by molar-refractivity contribution is 6.34. The van der Waals surface area contributed by atoms with Crippen molar-refractivity contribution >= 4 is 34.6 Å². The molecule has 132 valence electrons. The molecule has 0 unspecified atom stereocenters. The van der Waals surface area contributed by atoms with Gasteiger partial charge in [-0.2, -0.15) is 5.26 Å². The van der Waals surface area contributed by atoms with Gasteiger partial charge >= 0.3 is 0 Å². The molecule has 0 bridgehead atoms. The van der Waals surface area contributed by atoms with Crippen LogP contribution in [0.3, 0.4) is 0 Å². The van der Waals surface area contributed by atoms with Crippen LogP contribution >= 0.6 is 11.6 Å². The van der Waals surface area contributed by atoms with Crippen molar-refractivity contribution in [2.75, 3.05) is 10.6 Å². The SMILES string of the molecule is Cc1ccc(N/C=C(/C#N)C(=O)Nc2cc([N+](=O)[O-])ccc2Cl)c(C)c1. The Bertz CT molecular complexity index is 948. The summed E-state index contributed by atoms with van der Waals surface area (Å²) in [6, 6.07) is 11.2. The number of hydrogen-bond acceptors (Lipinski definition) is 5. The standard InChI is InChI=1S/C18H15ClN4O3/c1-11-3-6-16(12(2)7-11)21-10-13(9-20)18(24)22-17-8-14(23(25)26)4-5-15(17)19/h3-8,10,21H,1-2H3,(H,22,24)/b13-10-. The molecule has 0 aliphatic carbocycles. The van der Waals surface area contributed by atoms with Gasteiger partial charge in [0.25, 0.3) is 11.6 Å². The van der Waals surface area contributed by atoms with E-state index in [0.29, 0.717) is 0 Å². The molecule has 0 aliphatic heterocycles. The van der Waals surface area contributed by atoms with E-state index in [1.165, 1.54) is 18.3 Å². The molecule has 0 saturated heterocycles. The van der Waals surface area contributed by atoms with Crippen LogP contribution in [-0.2, 0) is 4.79 Å². The number of non-ortho nitro benzene ring substituents is 1. The van der Waals surface area contributed by atoms with Gasteiger partial charge in [0.05, 0.1) is 15.6 Å². The molecule has 7 nitrogen and oxygen atoms in total. The molecule has 1 amide bonds. The Labute approximate surface area is 155 Å². The number of nitro benzene ring substituents is 1. The first-order valence-corrected chi connectivity index (χ1v) is 7.89. The number of benzene rings is 2. The maximum absolute atomic E-state index is 12.3. The molecule has 0 radical (unpaired) electrons. The van der Waals surface area contributed by atoms with Gasteiger partial charge in [0.2, 0.25) is 0 Å². The van der Waals surface area contributed by atoms with Crippen molar-refractivity contribution < 1.29 is 9.72 Å². The van der Waals surface area contributed by atoms with Crippen LogP contribution in [-0.4, -0.2) is 10.8 Å². The third-order valence-electron chi connectivity index (χ3n) is 3.53. The lowest BCUT2D eigenvalue weighted by Crippen LogP contribution is -2.15. The molecule has 26 heavy (non-hydrogen) atoms. The number of nitrogens with one attached hydrogen (secondary N) is 2. The molecule has 2 N–H and O–H groups in total. The second kappa shape index (κ2) is 8.14. The topological polar surface area (TPSA) is 108 Å². The van der Waals surface area contributed by atoms with Gasteiger partial charge in [-0.3, -0.25) is 14.9 Å². The van der Waals surface area contributed by atoms with Crippen LogP contribution in [0.1, 0.15) is 11.1 Å². The van der Waals surface area contributed by atoms with Gasteiger partial charge in [0.1, 0.15) is 11.6 Å². The van der Waals surface area contributed by atoms with Gasteiger partial charge in [-0.05, 0) is 31.5 Å². The molecule has 0 heterocycles. The zero-order valence-electron chi connectivity index (χ0n) is 14.0. The summed E-state index contributed by atoms with van der Waals surface area (Å²) in [5.41, 5.74) is 2.44. The fourth-order valence-electron chi connectivity index (χ4n) is 2.19. The highest BCUT2D eigenvalue weighted by Crippen LogP contribution is 2.27. The van der Waals surface area contributed by atoms with E-state index >= 15 is 0 Å². The first-order valence-electron chi connectivity index (χ1n) is 7.51. The average Bonchev–Trinajstić information content (AvgIpc) is 2.58. The molecule has 8 heteroatoms. The van der Waals surface area contributed by atoms with Gasteiger partial charge in [-0.15, -0.1) is 0 Å². The molecule has 0 saturated carbocycles. The lowest BCUT2D eigenvalue weighted by molar-refractivity contribution is -0.384. The number of carbonyl (C=O) groups excluding carboxylic acids is 1. The van der Waals surface area contributed by atoms with Crippen molar-refractivity contribution in [1.82, 2.24) is 0 Å². The maximum atomic E-state index is 12.3. The molecule has 0 aromatic heterocycles. The minimum Gasteiger partial charge on any atom is -0.360 e. The summed E-state index contributed by atoms with van der Waals surface area (Å²) in [5.74, 6) is -0.729. The maximum Gasteiger partial charge on any atom is 0.271 e. The molecule has 0 aliphatic rings. The summed E-state index contributed by atoms with van der Waals surface area (Å²) < 4.78 is 0. The van der Waals surface area contributed by atoms with Crippen LogP contribution in [0.2, 0.25) is 5.02 Å². The van der Waals surface area contributed by atoms with Gasteiger partial charge in [0, 0.05) is 24.0 Å². The van der Waals surface area contributed by atoms with Gasteiger partial charge in [0.15, 0.2) is 0 Å². The number of anilines is 2. The van der Waals surface area contributed by atoms with E-state index in [0.717, 1.165) is 22.9 Å². The van der Waals surface area contributed by atoms with Crippen LogP contribution in [0, 0.1) is 35.3 Å². The van der Waals surface area contributed by atoms with Crippen LogP contribution in [0.15, 0.2) is 48.2 Å². The molecule has 0 fully saturated rings. The molecule has 0 atom stereocenters. The van der Waals surface area contributed by atoms with Crippen LogP contribution in [0.25, 0.3) is 0 Å². The van der Waals surface area contributed by atoms with E-state index < -0.39 is 10.8 Å². The van der Waals surface area contributed by atoms with Crippen LogP contribution < -0.4 is 10.6 Å². The fraction of sp³-hybridized carbons (Fsp3) is 0.111. The van der Waals surface area contributed by atoms with Gasteiger partial charge in [-0.25, -0.2) is 0 Å². The number of rotatable bonds is 5. The summed E-state index contributed by atoms with van der Waals surface area (Å²) in [7, 11) is 0. The van der Waals surface area contributed by atoms with Crippen molar-refractivity contribution in [3.05, 3.63) is 74.4 Å². The monoisotopic (exact) mass is 370 g/mol. The third kappa shape index (κ3) is 4.59. The number of nitro groups is 1.